The Kier molecular flexibility index (Phi) is 4.69. The van der Waals surface area contributed by atoms with Gasteiger partial charge in [-0.05, 0) is 12.5 Å². The minimum atomic E-state index is -0.461. The van der Waals surface area contributed by atoms with Gasteiger partial charge in [0.05, 0.1) is 6.04 Å². The molecule has 1 aromatic carbocycles. The monoisotopic (exact) mass is 235 g/mol. The average Bonchev–Trinajstić information content (AvgIpc) is 2.25. The lowest BCUT2D eigenvalue weighted by molar-refractivity contribution is -0.149. The molecule has 17 heavy (non-hydrogen) atoms. The first-order chi connectivity index (χ1) is 8.00. The van der Waals surface area contributed by atoms with E-state index in [2.05, 4.69) is 5.32 Å². The van der Waals surface area contributed by atoms with Gasteiger partial charge in [-0.3, -0.25) is 9.59 Å². The van der Waals surface area contributed by atoms with Crippen LogP contribution < -0.4 is 5.32 Å². The number of hydrogen-bond donors (Lipinski definition) is 1. The molecule has 0 heterocycles. The van der Waals surface area contributed by atoms with Gasteiger partial charge in [0.2, 0.25) is 5.91 Å². The van der Waals surface area contributed by atoms with Gasteiger partial charge >= 0.3 is 5.97 Å². The molecule has 0 aliphatic carbocycles. The molecule has 4 nitrogen and oxygen atoms in total. The fourth-order valence-electron chi connectivity index (χ4n) is 1.68. The van der Waals surface area contributed by atoms with Crippen LogP contribution in [0.4, 0.5) is 0 Å². The average molecular weight is 235 g/mol. The van der Waals surface area contributed by atoms with E-state index in [4.69, 9.17) is 4.74 Å². The highest BCUT2D eigenvalue weighted by atomic mass is 16.5. The number of hydrogen-bond acceptors (Lipinski definition) is 3. The highest BCUT2D eigenvalue weighted by Gasteiger charge is 2.22. The normalized spacial score (nSPS) is 13.6. The molecular weight excluding hydrogens is 218 g/mol. The fraction of sp³-hybridized carbons (Fsp3) is 0.385. The van der Waals surface area contributed by atoms with E-state index >= 15 is 0 Å². The van der Waals surface area contributed by atoms with Gasteiger partial charge in [0, 0.05) is 13.8 Å². The topological polar surface area (TPSA) is 55.4 Å². The number of rotatable bonds is 4. The number of benzene rings is 1. The zero-order valence-electron chi connectivity index (χ0n) is 10.3. The Morgan fingerprint density at radius 1 is 1.18 bits per heavy atom. The van der Waals surface area contributed by atoms with E-state index < -0.39 is 6.10 Å². The zero-order valence-corrected chi connectivity index (χ0v) is 10.3. The lowest BCUT2D eigenvalue weighted by Gasteiger charge is -2.24. The molecule has 1 rings (SSSR count). The SMILES string of the molecule is CC(=O)N[C@H](C)[C@@H](OC(C)=O)c1ccccc1. The summed E-state index contributed by atoms with van der Waals surface area (Å²) in [5.41, 5.74) is 0.865. The number of nitrogens with one attached hydrogen (secondary N) is 1. The Balaban J connectivity index is 2.87. The van der Waals surface area contributed by atoms with Crippen LogP contribution in [0, 0.1) is 0 Å². The van der Waals surface area contributed by atoms with Crippen molar-refractivity contribution in [2.45, 2.75) is 32.9 Å². The molecule has 0 aliphatic rings. The second-order valence-electron chi connectivity index (χ2n) is 3.93. The summed E-state index contributed by atoms with van der Waals surface area (Å²) < 4.78 is 5.25. The van der Waals surface area contributed by atoms with E-state index in [0.29, 0.717) is 0 Å². The van der Waals surface area contributed by atoms with Crippen molar-refractivity contribution >= 4 is 11.9 Å². The molecule has 1 amide bonds. The summed E-state index contributed by atoms with van der Waals surface area (Å²) in [6.07, 6.45) is -0.461. The third kappa shape index (κ3) is 4.26. The summed E-state index contributed by atoms with van der Waals surface area (Å²) in [5, 5.41) is 2.73. The third-order valence-electron chi connectivity index (χ3n) is 2.31. The van der Waals surface area contributed by atoms with Crippen LogP contribution in [0.5, 0.6) is 0 Å². The maximum Gasteiger partial charge on any atom is 0.303 e. The Bertz CT molecular complexity index is 389. The molecule has 92 valence electrons. The number of ether oxygens (including phenoxy) is 1. The van der Waals surface area contributed by atoms with Crippen LogP contribution in [0.25, 0.3) is 0 Å². The summed E-state index contributed by atoms with van der Waals surface area (Å²) in [4.78, 5) is 22.1. The molecular formula is C13H17NO3. The molecule has 0 radical (unpaired) electrons. The van der Waals surface area contributed by atoms with Gasteiger partial charge in [0.25, 0.3) is 0 Å². The quantitative estimate of drug-likeness (QED) is 0.810. The van der Waals surface area contributed by atoms with Gasteiger partial charge in [-0.25, -0.2) is 0 Å². The van der Waals surface area contributed by atoms with Crippen LogP contribution in [-0.2, 0) is 14.3 Å². The zero-order chi connectivity index (χ0) is 12.8. The predicted molar refractivity (Wildman–Crippen MR) is 64.2 cm³/mol. The number of carbonyl (C=O) groups is 2. The Morgan fingerprint density at radius 2 is 1.76 bits per heavy atom. The standard InChI is InChI=1S/C13H17NO3/c1-9(14-10(2)15)13(17-11(3)16)12-7-5-4-6-8-12/h4-9,13H,1-3H3,(H,14,15)/t9-,13-/m1/s1. The lowest BCUT2D eigenvalue weighted by atomic mass is 10.0. The van der Waals surface area contributed by atoms with Gasteiger partial charge in [0.1, 0.15) is 6.10 Å². The smallest absolute Gasteiger partial charge is 0.303 e. The second-order valence-corrected chi connectivity index (χ2v) is 3.93. The van der Waals surface area contributed by atoms with Crippen molar-refractivity contribution in [3.63, 3.8) is 0 Å². The van der Waals surface area contributed by atoms with Crippen LogP contribution in [0.3, 0.4) is 0 Å². The molecule has 0 unspecified atom stereocenters. The van der Waals surface area contributed by atoms with Crippen molar-refractivity contribution in [1.29, 1.82) is 0 Å². The molecule has 0 aliphatic heterocycles. The second kappa shape index (κ2) is 6.03. The molecule has 0 saturated carbocycles. The third-order valence-corrected chi connectivity index (χ3v) is 2.31. The minimum Gasteiger partial charge on any atom is -0.455 e. The van der Waals surface area contributed by atoms with Crippen LogP contribution in [0.15, 0.2) is 30.3 Å². The van der Waals surface area contributed by atoms with Crippen molar-refractivity contribution in [2.24, 2.45) is 0 Å². The summed E-state index contributed by atoms with van der Waals surface area (Å²) in [6, 6.07) is 9.09. The van der Waals surface area contributed by atoms with E-state index in [1.54, 1.807) is 0 Å². The first kappa shape index (κ1) is 13.2. The van der Waals surface area contributed by atoms with Gasteiger partial charge in [-0.1, -0.05) is 30.3 Å². The van der Waals surface area contributed by atoms with Gasteiger partial charge in [0.15, 0.2) is 0 Å². The van der Waals surface area contributed by atoms with Gasteiger partial charge in [-0.15, -0.1) is 0 Å². The highest BCUT2D eigenvalue weighted by molar-refractivity contribution is 5.73. The van der Waals surface area contributed by atoms with E-state index in [0.717, 1.165) is 5.56 Å². The van der Waals surface area contributed by atoms with Crippen LogP contribution >= 0.6 is 0 Å². The van der Waals surface area contributed by atoms with E-state index in [1.807, 2.05) is 37.3 Å². The molecule has 0 fully saturated rings. The number of amides is 1. The predicted octanol–water partition coefficient (Wildman–Crippen LogP) is 1.82. The molecule has 0 saturated heterocycles. The molecule has 0 spiro atoms. The van der Waals surface area contributed by atoms with Crippen molar-refractivity contribution < 1.29 is 14.3 Å². The lowest BCUT2D eigenvalue weighted by Crippen LogP contribution is -2.37. The maximum atomic E-state index is 11.1. The maximum absolute atomic E-state index is 11.1. The molecule has 1 aromatic rings. The van der Waals surface area contributed by atoms with Crippen molar-refractivity contribution in [2.75, 3.05) is 0 Å². The summed E-state index contributed by atoms with van der Waals surface area (Å²) in [6.45, 7) is 4.60. The summed E-state index contributed by atoms with van der Waals surface area (Å²) in [5.74, 6) is -0.512. The number of esters is 1. The van der Waals surface area contributed by atoms with Gasteiger partial charge < -0.3 is 10.1 Å². The molecule has 1 N–H and O–H groups in total. The van der Waals surface area contributed by atoms with Crippen molar-refractivity contribution in [3.8, 4) is 0 Å². The fourth-order valence-corrected chi connectivity index (χ4v) is 1.68. The van der Waals surface area contributed by atoms with Crippen LogP contribution in [0.2, 0.25) is 0 Å². The molecule has 2 atom stereocenters. The highest BCUT2D eigenvalue weighted by Crippen LogP contribution is 2.21. The first-order valence-corrected chi connectivity index (χ1v) is 5.50. The molecule has 4 heteroatoms. The van der Waals surface area contributed by atoms with E-state index in [9.17, 15) is 9.59 Å². The van der Waals surface area contributed by atoms with Crippen LogP contribution in [-0.4, -0.2) is 17.9 Å². The molecule has 0 bridgehead atoms. The first-order valence-electron chi connectivity index (χ1n) is 5.50. The van der Waals surface area contributed by atoms with Crippen molar-refractivity contribution in [1.82, 2.24) is 5.32 Å². The Labute approximate surface area is 101 Å². The van der Waals surface area contributed by atoms with Crippen LogP contribution in [0.1, 0.15) is 32.4 Å². The van der Waals surface area contributed by atoms with E-state index in [1.165, 1.54) is 13.8 Å². The Morgan fingerprint density at radius 3 is 2.24 bits per heavy atom. The summed E-state index contributed by atoms with van der Waals surface area (Å²) >= 11 is 0. The largest absolute Gasteiger partial charge is 0.455 e. The Hall–Kier alpha value is -1.84. The number of carbonyl (C=O) groups excluding carboxylic acids is 2. The summed E-state index contributed by atoms with van der Waals surface area (Å²) in [7, 11) is 0. The minimum absolute atomic E-state index is 0.148. The molecule has 0 aromatic heterocycles. The van der Waals surface area contributed by atoms with Crippen molar-refractivity contribution in [3.05, 3.63) is 35.9 Å². The van der Waals surface area contributed by atoms with Gasteiger partial charge in [-0.2, -0.15) is 0 Å². The van der Waals surface area contributed by atoms with E-state index in [-0.39, 0.29) is 17.9 Å².